The molecule has 0 heterocycles. The Morgan fingerprint density at radius 2 is 1.52 bits per heavy atom. The minimum atomic E-state index is 0.374. The Labute approximate surface area is 179 Å². The fourth-order valence-electron chi connectivity index (χ4n) is 5.02. The lowest BCUT2D eigenvalue weighted by Crippen LogP contribution is -2.23. The number of rotatable bonds is 2. The van der Waals surface area contributed by atoms with Crippen LogP contribution in [0.1, 0.15) is 28.2 Å². The molecular weight excluding hydrogens is 416 g/mol. The largest absolute Gasteiger partial charge is 0.0754 e. The van der Waals surface area contributed by atoms with Gasteiger partial charge in [-0.3, -0.25) is 0 Å². The van der Waals surface area contributed by atoms with Crippen LogP contribution in [0.25, 0.3) is 28.9 Å². The van der Waals surface area contributed by atoms with Crippen LogP contribution in [0.15, 0.2) is 101 Å². The monoisotopic (exact) mass is 434 g/mol. The highest BCUT2D eigenvalue weighted by molar-refractivity contribution is 9.10. The molecule has 0 fully saturated rings. The third kappa shape index (κ3) is 2.65. The van der Waals surface area contributed by atoms with Crippen molar-refractivity contribution >= 4 is 33.7 Å². The van der Waals surface area contributed by atoms with Crippen LogP contribution in [0.5, 0.6) is 0 Å². The van der Waals surface area contributed by atoms with E-state index >= 15 is 0 Å². The molecule has 0 saturated heterocycles. The fourth-order valence-corrected chi connectivity index (χ4v) is 5.28. The van der Waals surface area contributed by atoms with Gasteiger partial charge in [0, 0.05) is 16.3 Å². The molecule has 138 valence electrons. The maximum atomic E-state index is 3.56. The minimum absolute atomic E-state index is 0.374. The molecule has 0 N–H and O–H groups in total. The number of hydrogen-bond acceptors (Lipinski definition) is 0. The molecule has 2 atom stereocenters. The van der Waals surface area contributed by atoms with E-state index in [1.807, 2.05) is 0 Å². The summed E-state index contributed by atoms with van der Waals surface area (Å²) >= 11 is 3.56. The number of allylic oxidation sites excluding steroid dienone is 6. The summed E-state index contributed by atoms with van der Waals surface area (Å²) in [6.07, 6.45) is 14.0. The average molecular weight is 435 g/mol. The van der Waals surface area contributed by atoms with Crippen LogP contribution in [0.4, 0.5) is 0 Å². The standard InChI is InChI=1S/C28H19Br/c29-22-12-8-19(9-13-22)24-15-11-21-7-6-20-10-14-23(18-4-2-1-3-5-18)25-16-17-26(24)28(21)27(20)25/h1-17,26,28H. The molecule has 0 saturated carbocycles. The Kier molecular flexibility index (Phi) is 3.85. The maximum Gasteiger partial charge on any atom is 0.0205 e. The third-order valence-electron chi connectivity index (χ3n) is 6.35. The quantitative estimate of drug-likeness (QED) is 0.384. The van der Waals surface area contributed by atoms with E-state index in [0.29, 0.717) is 11.8 Å². The SMILES string of the molecule is Brc1ccc(C2=CC=C3C=Cc4ccc(-c5ccccc5)c5c4C3C2C=C5)cc1. The van der Waals surface area contributed by atoms with E-state index in [0.717, 1.165) is 4.47 Å². The first-order valence-electron chi connectivity index (χ1n) is 10.1. The smallest absolute Gasteiger partial charge is 0.0205 e. The molecule has 0 radical (unpaired) electrons. The number of halogens is 1. The van der Waals surface area contributed by atoms with Crippen LogP contribution in [0.3, 0.4) is 0 Å². The van der Waals surface area contributed by atoms with Gasteiger partial charge in [0.2, 0.25) is 0 Å². The first-order valence-corrected chi connectivity index (χ1v) is 10.9. The van der Waals surface area contributed by atoms with Crippen molar-refractivity contribution in [3.05, 3.63) is 123 Å². The van der Waals surface area contributed by atoms with Gasteiger partial charge >= 0.3 is 0 Å². The van der Waals surface area contributed by atoms with Gasteiger partial charge in [0.15, 0.2) is 0 Å². The van der Waals surface area contributed by atoms with Crippen LogP contribution in [-0.4, -0.2) is 0 Å². The second kappa shape index (κ2) is 6.57. The van der Waals surface area contributed by atoms with Crippen LogP contribution >= 0.6 is 15.9 Å². The molecular formula is C28H19Br. The molecule has 0 bridgehead atoms. The Bertz CT molecular complexity index is 1240. The summed E-state index contributed by atoms with van der Waals surface area (Å²) in [6, 6.07) is 24.0. The maximum absolute atomic E-state index is 3.56. The van der Waals surface area contributed by atoms with Crippen molar-refractivity contribution in [3.63, 3.8) is 0 Å². The van der Waals surface area contributed by atoms with Gasteiger partial charge in [0.1, 0.15) is 0 Å². The molecule has 2 unspecified atom stereocenters. The van der Waals surface area contributed by atoms with Gasteiger partial charge in [-0.2, -0.15) is 0 Å². The van der Waals surface area contributed by atoms with Crippen LogP contribution in [0, 0.1) is 5.92 Å². The Morgan fingerprint density at radius 1 is 0.690 bits per heavy atom. The first-order chi connectivity index (χ1) is 14.3. The predicted octanol–water partition coefficient (Wildman–Crippen LogP) is 7.89. The van der Waals surface area contributed by atoms with Crippen molar-refractivity contribution in [1.29, 1.82) is 0 Å². The Balaban J connectivity index is 1.54. The molecule has 0 amide bonds. The molecule has 0 aliphatic heterocycles. The molecule has 0 nitrogen and oxygen atoms in total. The molecule has 3 aromatic rings. The van der Waals surface area contributed by atoms with Crippen molar-refractivity contribution in [2.75, 3.05) is 0 Å². The highest BCUT2D eigenvalue weighted by Crippen LogP contribution is 2.52. The average Bonchev–Trinajstić information content (AvgIpc) is 2.78. The first kappa shape index (κ1) is 17.0. The second-order valence-electron chi connectivity index (χ2n) is 7.89. The highest BCUT2D eigenvalue weighted by Gasteiger charge is 2.36. The molecule has 3 aliphatic rings. The summed E-state index contributed by atoms with van der Waals surface area (Å²) in [6.45, 7) is 0. The van der Waals surface area contributed by atoms with Crippen molar-refractivity contribution in [1.82, 2.24) is 0 Å². The zero-order valence-corrected chi connectivity index (χ0v) is 17.4. The zero-order valence-electron chi connectivity index (χ0n) is 15.8. The van der Waals surface area contributed by atoms with E-state index in [2.05, 4.69) is 119 Å². The summed E-state index contributed by atoms with van der Waals surface area (Å²) < 4.78 is 1.12. The summed E-state index contributed by atoms with van der Waals surface area (Å²) in [7, 11) is 0. The molecule has 6 rings (SSSR count). The third-order valence-corrected chi connectivity index (χ3v) is 6.88. The zero-order chi connectivity index (χ0) is 19.4. The molecule has 0 aromatic heterocycles. The van der Waals surface area contributed by atoms with Gasteiger partial charge < -0.3 is 0 Å². The molecule has 3 aromatic carbocycles. The number of benzene rings is 3. The van der Waals surface area contributed by atoms with Gasteiger partial charge in [0.25, 0.3) is 0 Å². The van der Waals surface area contributed by atoms with Gasteiger partial charge in [-0.15, -0.1) is 0 Å². The topological polar surface area (TPSA) is 0 Å². The fraction of sp³-hybridized carbons (Fsp3) is 0.0714. The van der Waals surface area contributed by atoms with Crippen molar-refractivity contribution in [2.24, 2.45) is 5.92 Å². The summed E-state index contributed by atoms with van der Waals surface area (Å²) in [5.41, 5.74) is 10.9. The molecule has 3 aliphatic carbocycles. The van der Waals surface area contributed by atoms with E-state index < -0.39 is 0 Å². The molecule has 1 heteroatoms. The van der Waals surface area contributed by atoms with Crippen molar-refractivity contribution in [2.45, 2.75) is 5.92 Å². The summed E-state index contributed by atoms with van der Waals surface area (Å²) in [4.78, 5) is 0. The molecule has 0 spiro atoms. The highest BCUT2D eigenvalue weighted by atomic mass is 79.9. The summed E-state index contributed by atoms with van der Waals surface area (Å²) in [5, 5.41) is 0. The van der Waals surface area contributed by atoms with E-state index in [1.54, 1.807) is 0 Å². The van der Waals surface area contributed by atoms with Crippen LogP contribution < -0.4 is 0 Å². The minimum Gasteiger partial charge on any atom is -0.0754 e. The molecule has 29 heavy (non-hydrogen) atoms. The lowest BCUT2D eigenvalue weighted by atomic mass is 9.64. The van der Waals surface area contributed by atoms with Crippen molar-refractivity contribution in [3.8, 4) is 11.1 Å². The lowest BCUT2D eigenvalue weighted by Gasteiger charge is -2.39. The van der Waals surface area contributed by atoms with E-state index in [1.165, 1.54) is 44.5 Å². The Morgan fingerprint density at radius 3 is 2.34 bits per heavy atom. The van der Waals surface area contributed by atoms with Gasteiger partial charge in [-0.05, 0) is 56.7 Å². The van der Waals surface area contributed by atoms with Crippen molar-refractivity contribution < 1.29 is 0 Å². The second-order valence-corrected chi connectivity index (χ2v) is 8.80. The lowest BCUT2D eigenvalue weighted by molar-refractivity contribution is 0.681. The van der Waals surface area contributed by atoms with E-state index in [9.17, 15) is 0 Å². The van der Waals surface area contributed by atoms with Crippen LogP contribution in [-0.2, 0) is 0 Å². The van der Waals surface area contributed by atoms with Gasteiger partial charge in [-0.1, -0.05) is 107 Å². The Hall–Kier alpha value is -2.90. The normalized spacial score (nSPS) is 20.7. The van der Waals surface area contributed by atoms with E-state index in [4.69, 9.17) is 0 Å². The van der Waals surface area contributed by atoms with Gasteiger partial charge in [-0.25, -0.2) is 0 Å². The van der Waals surface area contributed by atoms with Gasteiger partial charge in [0.05, 0.1) is 0 Å². The summed E-state index contributed by atoms with van der Waals surface area (Å²) in [5.74, 6) is 0.765. The van der Waals surface area contributed by atoms with E-state index in [-0.39, 0.29) is 0 Å². The van der Waals surface area contributed by atoms with Crippen LogP contribution in [0.2, 0.25) is 0 Å². The number of hydrogen-bond donors (Lipinski definition) is 0. The predicted molar refractivity (Wildman–Crippen MR) is 126 cm³/mol.